The molecule has 0 spiro atoms. The van der Waals surface area contributed by atoms with Crippen LogP contribution < -0.4 is 0 Å². The van der Waals surface area contributed by atoms with Crippen molar-refractivity contribution in [1.82, 2.24) is 0 Å². The molecule has 2 radical (unpaired) electrons. The first-order valence-electron chi connectivity index (χ1n) is 10.00. The van der Waals surface area contributed by atoms with Crippen molar-refractivity contribution in [1.29, 1.82) is 0 Å². The number of aliphatic hydroxyl groups excluding tert-OH is 1. The first kappa shape index (κ1) is 51.9. The fourth-order valence-electron chi connectivity index (χ4n) is 3.52. The Bertz CT molecular complexity index is 748. The SMILES string of the molecule is C[Si](C)(C)CC1(CCCC(O)C#Cc2ccccc2)CCCO1.[C-]#[O+].[C-]#[O+].[C-]#[O+].[C-]#[O+].[C-]#[O+].[C-]#[O+].[Co].[Co]. The molecule has 0 aromatic heterocycles. The van der Waals surface area contributed by atoms with Crippen molar-refractivity contribution in [3.05, 3.63) is 75.8 Å². The van der Waals surface area contributed by atoms with Crippen LogP contribution in [0.5, 0.6) is 0 Å². The third-order valence-electron chi connectivity index (χ3n) is 4.30. The second kappa shape index (κ2) is 38.9. The molecular weight excluding hydrogens is 586 g/mol. The molecule has 2 atom stereocenters. The largest absolute Gasteiger partial charge is 0 e. The molecule has 1 N–H and O–H groups in total. The van der Waals surface area contributed by atoms with E-state index in [9.17, 15) is 5.11 Å². The summed E-state index contributed by atoms with van der Waals surface area (Å²) in [7, 11) is -1.15. The fourth-order valence-corrected chi connectivity index (χ4v) is 5.91. The van der Waals surface area contributed by atoms with Gasteiger partial charge in [-0.2, -0.15) is 0 Å². The van der Waals surface area contributed by atoms with Crippen molar-refractivity contribution < 1.29 is 71.3 Å². The summed E-state index contributed by atoms with van der Waals surface area (Å²) in [4.78, 5) is 0. The van der Waals surface area contributed by atoms with Gasteiger partial charge in [0.1, 0.15) is 6.10 Å². The molecule has 0 aliphatic carbocycles. The van der Waals surface area contributed by atoms with E-state index in [1.807, 2.05) is 30.3 Å². The quantitative estimate of drug-likeness (QED) is 0.221. The molecule has 1 aromatic rings. The Morgan fingerprint density at radius 3 is 1.73 bits per heavy atom. The van der Waals surface area contributed by atoms with E-state index in [1.54, 1.807) is 0 Å². The Morgan fingerprint density at radius 2 is 1.35 bits per heavy atom. The van der Waals surface area contributed by atoms with Crippen LogP contribution in [0.4, 0.5) is 0 Å². The van der Waals surface area contributed by atoms with Crippen molar-refractivity contribution in [2.24, 2.45) is 0 Å². The number of rotatable bonds is 6. The van der Waals surface area contributed by atoms with E-state index in [1.165, 1.54) is 18.9 Å². The van der Waals surface area contributed by atoms with Gasteiger partial charge in [0.25, 0.3) is 0 Å². The Balaban J connectivity index is -0.000000113. The van der Waals surface area contributed by atoms with Gasteiger partial charge in [-0.1, -0.05) is 49.7 Å². The van der Waals surface area contributed by atoms with Gasteiger partial charge in [-0.25, -0.2) is 0 Å². The molecule has 8 nitrogen and oxygen atoms in total. The van der Waals surface area contributed by atoms with Gasteiger partial charge >= 0.3 is 67.8 Å². The van der Waals surface area contributed by atoms with Crippen molar-refractivity contribution >= 4 is 8.07 Å². The van der Waals surface area contributed by atoms with E-state index in [2.05, 4.69) is 71.4 Å². The number of hydrogen-bond donors (Lipinski definition) is 1. The first-order valence-corrected chi connectivity index (χ1v) is 13.7. The second-order valence-corrected chi connectivity index (χ2v) is 13.4. The summed E-state index contributed by atoms with van der Waals surface area (Å²) in [5.41, 5.74) is 1.04. The predicted octanol–water partition coefficient (Wildman–Crippen LogP) is 4.23. The molecule has 2 unspecified atom stereocenters. The average Bonchev–Trinajstić information content (AvgIpc) is 3.37. The molecule has 1 aliphatic heterocycles. The molecule has 11 heteroatoms. The summed E-state index contributed by atoms with van der Waals surface area (Å²) in [6.07, 6.45) is 4.59. The van der Waals surface area contributed by atoms with Gasteiger partial charge in [0.15, 0.2) is 0 Å². The summed E-state index contributed by atoms with van der Waals surface area (Å²) < 4.78 is 51.1. The number of aliphatic hydroxyl groups is 1. The Kier molecular flexibility index (Phi) is 54.6. The standard InChI is InChI=1S/C20H30O2Si.6CO.2Co/c1-23(2,3)17-20(15-8-16-22-20)14-7-11-19(21)13-12-18-9-5-4-6-10-18;6*1-2;;/h4-6,9-10,19,21H,7-8,11,14-17H2,1-3H3;;;;;;;;. The molecule has 204 valence electrons. The van der Waals surface area contributed by atoms with Gasteiger partial charge in [-0.15, -0.1) is 0 Å². The molecule has 1 aliphatic rings. The van der Waals surface area contributed by atoms with E-state index >= 15 is 0 Å². The Labute approximate surface area is 242 Å². The minimum absolute atomic E-state index is 0. The Morgan fingerprint density at radius 1 is 0.892 bits per heavy atom. The predicted molar refractivity (Wildman–Crippen MR) is 123 cm³/mol. The third-order valence-corrected chi connectivity index (χ3v) is 6.01. The summed E-state index contributed by atoms with van der Waals surface area (Å²) >= 11 is 0. The van der Waals surface area contributed by atoms with Crippen LogP contribution in [0, 0.1) is 51.7 Å². The van der Waals surface area contributed by atoms with Crippen LogP contribution in [0.3, 0.4) is 0 Å². The summed E-state index contributed by atoms with van der Waals surface area (Å²) in [6.45, 7) is 35.1. The van der Waals surface area contributed by atoms with Crippen molar-refractivity contribution in [3.8, 4) is 11.8 Å². The van der Waals surface area contributed by atoms with Gasteiger partial charge < -0.3 is 9.84 Å². The summed E-state index contributed by atoms with van der Waals surface area (Å²) in [6, 6.07) is 11.1. The molecule has 37 heavy (non-hydrogen) atoms. The van der Waals surface area contributed by atoms with Gasteiger partial charge in [-0.3, -0.25) is 0 Å². The van der Waals surface area contributed by atoms with Gasteiger partial charge in [0, 0.05) is 53.8 Å². The average molecular weight is 616 g/mol. The summed E-state index contributed by atoms with van der Waals surface area (Å²) in [5.74, 6) is 6.00. The molecule has 1 heterocycles. The van der Waals surface area contributed by atoms with Crippen LogP contribution in [0.15, 0.2) is 30.3 Å². The van der Waals surface area contributed by atoms with Gasteiger partial charge in [0.05, 0.1) is 5.60 Å². The van der Waals surface area contributed by atoms with Crippen LogP contribution >= 0.6 is 0 Å². The maximum atomic E-state index is 10.1. The third kappa shape index (κ3) is 32.3. The molecule has 1 fully saturated rings. The van der Waals surface area contributed by atoms with Crippen LogP contribution in [-0.4, -0.2) is 31.5 Å². The van der Waals surface area contributed by atoms with Crippen molar-refractivity contribution in [3.63, 3.8) is 0 Å². The van der Waals surface area contributed by atoms with E-state index in [0.717, 1.165) is 31.4 Å². The van der Waals surface area contributed by atoms with E-state index in [-0.39, 0.29) is 39.2 Å². The van der Waals surface area contributed by atoms with Gasteiger partial charge in [-0.05, 0) is 50.3 Å². The minimum Gasteiger partial charge on any atom is 0 e. The zero-order valence-electron chi connectivity index (χ0n) is 20.9. The number of hydrogen-bond acceptors (Lipinski definition) is 2. The molecule has 0 saturated carbocycles. The normalized spacial score (nSPS) is 14.3. The molecular formula is C26H30Co2O8Si. The van der Waals surface area contributed by atoms with Crippen molar-refractivity contribution in [2.45, 2.75) is 69.5 Å². The molecule has 2 rings (SSSR count). The first-order chi connectivity index (χ1) is 16.9. The topological polar surface area (TPSA) is 149 Å². The maximum absolute atomic E-state index is 10.1. The molecule has 0 amide bonds. The van der Waals surface area contributed by atoms with Crippen LogP contribution in [0.25, 0.3) is 0 Å². The van der Waals surface area contributed by atoms with Gasteiger partial charge in [0.2, 0.25) is 0 Å². The number of ether oxygens (including phenoxy) is 1. The monoisotopic (exact) mass is 616 g/mol. The van der Waals surface area contributed by atoms with Crippen LogP contribution in [-0.2, 0) is 66.2 Å². The Hall–Kier alpha value is -1.63. The van der Waals surface area contributed by atoms with E-state index in [0.29, 0.717) is 0 Å². The minimum atomic E-state index is -1.15. The summed E-state index contributed by atoms with van der Waals surface area (Å²) in [5, 5.41) is 10.1. The molecule has 1 aromatic carbocycles. The second-order valence-electron chi connectivity index (χ2n) is 7.92. The zero-order chi connectivity index (χ0) is 28.8. The zero-order valence-corrected chi connectivity index (χ0v) is 24.0. The van der Waals surface area contributed by atoms with Crippen LogP contribution in [0.2, 0.25) is 25.7 Å². The van der Waals surface area contributed by atoms with Crippen LogP contribution in [0.1, 0.15) is 37.7 Å². The maximum Gasteiger partial charge on any atom is 0 e. The smallest absolute Gasteiger partial charge is 0 e. The molecule has 0 bridgehead atoms. The van der Waals surface area contributed by atoms with E-state index < -0.39 is 14.2 Å². The number of benzene rings is 1. The fraction of sp³-hybridized carbons (Fsp3) is 0.462. The van der Waals surface area contributed by atoms with E-state index in [4.69, 9.17) is 32.6 Å². The van der Waals surface area contributed by atoms with Crippen molar-refractivity contribution in [2.75, 3.05) is 6.61 Å². The molecule has 1 saturated heterocycles.